The fraction of sp³-hybridized carbons (Fsp3) is 0.480. The third kappa shape index (κ3) is 6.03. The largest absolute Gasteiger partial charge is 0.449 e. The Labute approximate surface area is 215 Å². The van der Waals surface area contributed by atoms with Crippen molar-refractivity contribution in [2.45, 2.75) is 65.0 Å². The Bertz CT molecular complexity index is 1310. The quantitative estimate of drug-likeness (QED) is 0.335. The summed E-state index contributed by atoms with van der Waals surface area (Å²) in [5.41, 5.74) is 6.33. The number of benzene rings is 1. The Morgan fingerprint density at radius 2 is 1.82 bits per heavy atom. The van der Waals surface area contributed by atoms with E-state index in [0.717, 1.165) is 11.0 Å². The molecule has 1 aliphatic heterocycles. The van der Waals surface area contributed by atoms with Crippen LogP contribution in [0.15, 0.2) is 24.7 Å². The van der Waals surface area contributed by atoms with E-state index < -0.39 is 41.4 Å². The summed E-state index contributed by atoms with van der Waals surface area (Å²) in [6.45, 7) is 4.47. The fourth-order valence-corrected chi connectivity index (χ4v) is 4.44. The molecule has 3 aromatic rings. The van der Waals surface area contributed by atoms with Gasteiger partial charge in [-0.3, -0.25) is 4.79 Å². The Balaban J connectivity index is 1.52. The summed E-state index contributed by atoms with van der Waals surface area (Å²) >= 11 is 0. The summed E-state index contributed by atoms with van der Waals surface area (Å²) in [6.07, 6.45) is -1.15. The van der Waals surface area contributed by atoms with Gasteiger partial charge in [0.25, 0.3) is 0 Å². The van der Waals surface area contributed by atoms with Gasteiger partial charge >= 0.3 is 6.18 Å². The van der Waals surface area contributed by atoms with E-state index in [1.165, 1.54) is 4.90 Å². The van der Waals surface area contributed by atoms with Gasteiger partial charge in [-0.1, -0.05) is 13.8 Å². The topological polar surface area (TPSA) is 82.0 Å². The van der Waals surface area contributed by atoms with E-state index in [9.17, 15) is 31.1 Å². The van der Waals surface area contributed by atoms with Crippen LogP contribution in [-0.4, -0.2) is 42.5 Å². The van der Waals surface area contributed by atoms with Crippen molar-refractivity contribution >= 4 is 5.91 Å². The van der Waals surface area contributed by atoms with Gasteiger partial charge in [-0.2, -0.15) is 13.2 Å². The van der Waals surface area contributed by atoms with Crippen molar-refractivity contribution in [3.8, 4) is 11.4 Å². The zero-order chi connectivity index (χ0) is 27.8. The van der Waals surface area contributed by atoms with Gasteiger partial charge in [0.1, 0.15) is 17.2 Å². The number of carbonyl (C=O) groups is 1. The lowest BCUT2D eigenvalue weighted by Gasteiger charge is -2.30. The molecule has 4 rings (SSSR count). The molecule has 38 heavy (non-hydrogen) atoms. The van der Waals surface area contributed by atoms with Gasteiger partial charge in [0, 0.05) is 44.4 Å². The predicted octanol–water partition coefficient (Wildman–Crippen LogP) is 4.53. The van der Waals surface area contributed by atoms with E-state index in [2.05, 4.69) is 23.8 Å². The molecule has 0 radical (unpaired) electrons. The normalized spacial score (nSPS) is 14.7. The molecule has 0 saturated carbocycles. The number of carbonyl (C=O) groups excluding carboxylic acids is 1. The van der Waals surface area contributed by atoms with Crippen LogP contribution in [0, 0.1) is 23.4 Å². The van der Waals surface area contributed by atoms with Crippen LogP contribution in [0.2, 0.25) is 0 Å². The van der Waals surface area contributed by atoms with Crippen LogP contribution in [0.3, 0.4) is 0 Å². The van der Waals surface area contributed by atoms with Crippen molar-refractivity contribution in [2.24, 2.45) is 11.7 Å². The standard InChI is InChI=1S/C25H28F6N6O/c1-14(2)3-4-35-11-20(33-13-35)23-21-12-36(5-6-37(21)24(34-23)25(29,30)31)22(38)9-16(32)7-15-8-18(27)19(28)10-17(15)26/h8,10-11,13-14,16H,3-7,9,12,32H2,1-2H3/t16-/m1/s1. The summed E-state index contributed by atoms with van der Waals surface area (Å²) in [5.74, 6) is -4.64. The van der Waals surface area contributed by atoms with Gasteiger partial charge in [0.05, 0.1) is 18.6 Å². The minimum atomic E-state index is -4.70. The lowest BCUT2D eigenvalue weighted by atomic mass is 10.0. The van der Waals surface area contributed by atoms with Crippen LogP contribution in [0.1, 0.15) is 43.8 Å². The van der Waals surface area contributed by atoms with Crippen LogP contribution in [0.4, 0.5) is 26.3 Å². The molecule has 0 spiro atoms. The first kappa shape index (κ1) is 27.7. The average Bonchev–Trinajstić information content (AvgIpc) is 3.45. The number of imidazole rings is 2. The molecule has 0 fully saturated rings. The molecule has 3 heterocycles. The summed E-state index contributed by atoms with van der Waals surface area (Å²) in [5, 5.41) is 0. The first-order valence-electron chi connectivity index (χ1n) is 12.2. The van der Waals surface area contributed by atoms with Crippen LogP contribution < -0.4 is 5.73 Å². The number of rotatable bonds is 8. The second-order valence-electron chi connectivity index (χ2n) is 9.90. The highest BCUT2D eigenvalue weighted by Gasteiger charge is 2.41. The third-order valence-corrected chi connectivity index (χ3v) is 6.46. The Morgan fingerprint density at radius 1 is 1.11 bits per heavy atom. The summed E-state index contributed by atoms with van der Waals surface area (Å²) in [7, 11) is 0. The van der Waals surface area contributed by atoms with E-state index in [0.29, 0.717) is 24.6 Å². The minimum Gasteiger partial charge on any atom is -0.337 e. The molecular weight excluding hydrogens is 514 g/mol. The molecule has 0 bridgehead atoms. The van der Waals surface area contributed by atoms with E-state index in [4.69, 9.17) is 5.73 Å². The highest BCUT2D eigenvalue weighted by Crippen LogP contribution is 2.35. The summed E-state index contributed by atoms with van der Waals surface area (Å²) < 4.78 is 84.8. The number of hydrogen-bond acceptors (Lipinski definition) is 4. The zero-order valence-electron chi connectivity index (χ0n) is 20.9. The third-order valence-electron chi connectivity index (χ3n) is 6.46. The maximum absolute atomic E-state index is 14.0. The number of nitrogens with two attached hydrogens (primary N) is 1. The van der Waals surface area contributed by atoms with Crippen LogP contribution in [0.25, 0.3) is 11.4 Å². The number of halogens is 6. The molecule has 206 valence electrons. The van der Waals surface area contributed by atoms with Gasteiger partial charge in [-0.15, -0.1) is 0 Å². The Morgan fingerprint density at radius 3 is 2.50 bits per heavy atom. The number of amides is 1. The molecule has 1 amide bonds. The molecular formula is C25H28F6N6O. The van der Waals surface area contributed by atoms with Crippen molar-refractivity contribution in [3.05, 3.63) is 59.2 Å². The molecule has 13 heteroatoms. The van der Waals surface area contributed by atoms with Crippen molar-refractivity contribution in [1.29, 1.82) is 0 Å². The number of nitrogens with zero attached hydrogens (tertiary/aromatic N) is 5. The van der Waals surface area contributed by atoms with Crippen molar-refractivity contribution in [1.82, 2.24) is 24.0 Å². The Hall–Kier alpha value is -3.35. The summed E-state index contributed by atoms with van der Waals surface area (Å²) in [4.78, 5) is 22.5. The molecule has 1 atom stereocenters. The van der Waals surface area contributed by atoms with E-state index in [1.54, 1.807) is 17.1 Å². The van der Waals surface area contributed by atoms with Crippen molar-refractivity contribution < 1.29 is 31.1 Å². The molecule has 2 N–H and O–H groups in total. The number of aromatic nitrogens is 4. The highest BCUT2D eigenvalue weighted by molar-refractivity contribution is 5.77. The van der Waals surface area contributed by atoms with E-state index in [1.807, 2.05) is 0 Å². The minimum absolute atomic E-state index is 0.0141. The van der Waals surface area contributed by atoms with Gasteiger partial charge in [-0.25, -0.2) is 23.1 Å². The summed E-state index contributed by atoms with van der Waals surface area (Å²) in [6, 6.07) is 0.185. The molecule has 2 aromatic heterocycles. The molecule has 0 saturated heterocycles. The van der Waals surface area contributed by atoms with Crippen LogP contribution in [-0.2, 0) is 37.0 Å². The maximum atomic E-state index is 14.0. The highest BCUT2D eigenvalue weighted by atomic mass is 19.4. The van der Waals surface area contributed by atoms with Gasteiger partial charge in [0.15, 0.2) is 11.6 Å². The van der Waals surface area contributed by atoms with E-state index in [-0.39, 0.29) is 55.1 Å². The number of hydrogen-bond donors (Lipinski definition) is 1. The Kier molecular flexibility index (Phi) is 7.86. The number of alkyl halides is 3. The molecule has 7 nitrogen and oxygen atoms in total. The van der Waals surface area contributed by atoms with Gasteiger partial charge in [0.2, 0.25) is 11.7 Å². The van der Waals surface area contributed by atoms with Crippen LogP contribution in [0.5, 0.6) is 0 Å². The predicted molar refractivity (Wildman–Crippen MR) is 126 cm³/mol. The molecule has 1 aliphatic rings. The monoisotopic (exact) mass is 542 g/mol. The first-order valence-corrected chi connectivity index (χ1v) is 12.2. The van der Waals surface area contributed by atoms with E-state index >= 15 is 0 Å². The van der Waals surface area contributed by atoms with Crippen molar-refractivity contribution in [2.75, 3.05) is 6.54 Å². The fourth-order valence-electron chi connectivity index (χ4n) is 4.44. The molecule has 0 aliphatic carbocycles. The second-order valence-corrected chi connectivity index (χ2v) is 9.90. The maximum Gasteiger partial charge on any atom is 0.449 e. The SMILES string of the molecule is CC(C)CCn1cnc(-c2nc(C(F)(F)F)n3c2CN(C(=O)C[C@H](N)Cc2cc(F)c(F)cc2F)CC3)c1. The van der Waals surface area contributed by atoms with Gasteiger partial charge in [-0.05, 0) is 30.4 Å². The van der Waals surface area contributed by atoms with Crippen molar-refractivity contribution in [3.63, 3.8) is 0 Å². The molecule has 0 unspecified atom stereocenters. The average molecular weight is 543 g/mol. The lowest BCUT2D eigenvalue weighted by molar-refractivity contribution is -0.148. The second kappa shape index (κ2) is 10.8. The van der Waals surface area contributed by atoms with Crippen LogP contribution >= 0.6 is 0 Å². The zero-order valence-corrected chi connectivity index (χ0v) is 20.9. The molecule has 1 aromatic carbocycles. The number of fused-ring (bicyclic) bond motifs is 1. The first-order chi connectivity index (χ1) is 17.8. The van der Waals surface area contributed by atoms with Gasteiger partial charge < -0.3 is 19.8 Å². The smallest absolute Gasteiger partial charge is 0.337 e. The lowest BCUT2D eigenvalue weighted by Crippen LogP contribution is -2.42. The number of aryl methyl sites for hydroxylation is 1.